The van der Waals surface area contributed by atoms with Gasteiger partial charge in [-0.15, -0.1) is 0 Å². The van der Waals surface area contributed by atoms with E-state index < -0.39 is 5.63 Å². The number of benzene rings is 3. The minimum absolute atomic E-state index is 0.0612. The van der Waals surface area contributed by atoms with Crippen LogP contribution in [0.25, 0.3) is 33.2 Å². The van der Waals surface area contributed by atoms with Gasteiger partial charge in [-0.1, -0.05) is 58.4 Å². The molecular formula is C21H13BrO3. The molecule has 4 rings (SSSR count). The van der Waals surface area contributed by atoms with E-state index in [9.17, 15) is 9.90 Å². The van der Waals surface area contributed by atoms with Crippen LogP contribution in [0.15, 0.2) is 86.5 Å². The highest BCUT2D eigenvalue weighted by Gasteiger charge is 2.18. The molecule has 0 aliphatic rings. The monoisotopic (exact) mass is 392 g/mol. The summed E-state index contributed by atoms with van der Waals surface area (Å²) in [6.07, 6.45) is 0. The molecule has 1 aromatic heterocycles. The predicted molar refractivity (Wildman–Crippen MR) is 103 cm³/mol. The lowest BCUT2D eigenvalue weighted by atomic mass is 9.93. The zero-order valence-electron chi connectivity index (χ0n) is 13.1. The number of phenols is 1. The third-order valence-electron chi connectivity index (χ3n) is 4.09. The summed E-state index contributed by atoms with van der Waals surface area (Å²) in [5.74, 6) is 0.0612. The normalized spacial score (nSPS) is 10.9. The van der Waals surface area contributed by atoms with Gasteiger partial charge in [0, 0.05) is 21.5 Å². The zero-order valence-corrected chi connectivity index (χ0v) is 14.7. The van der Waals surface area contributed by atoms with Crippen LogP contribution in [0.1, 0.15) is 0 Å². The van der Waals surface area contributed by atoms with Crippen molar-refractivity contribution in [1.82, 2.24) is 0 Å². The van der Waals surface area contributed by atoms with Gasteiger partial charge in [0.05, 0.1) is 5.56 Å². The summed E-state index contributed by atoms with van der Waals surface area (Å²) in [4.78, 5) is 12.8. The van der Waals surface area contributed by atoms with E-state index in [4.69, 9.17) is 4.42 Å². The molecule has 0 unspecified atom stereocenters. The average Bonchev–Trinajstić information content (AvgIpc) is 2.62. The fourth-order valence-corrected chi connectivity index (χ4v) is 3.24. The van der Waals surface area contributed by atoms with Crippen molar-refractivity contribution in [3.63, 3.8) is 0 Å². The fourth-order valence-electron chi connectivity index (χ4n) is 2.97. The van der Waals surface area contributed by atoms with E-state index >= 15 is 0 Å². The number of halogens is 1. The van der Waals surface area contributed by atoms with Crippen LogP contribution < -0.4 is 5.63 Å². The first-order valence-corrected chi connectivity index (χ1v) is 8.54. The minimum Gasteiger partial charge on any atom is -0.508 e. The summed E-state index contributed by atoms with van der Waals surface area (Å²) < 4.78 is 6.43. The first-order valence-electron chi connectivity index (χ1n) is 7.75. The van der Waals surface area contributed by atoms with E-state index in [1.54, 1.807) is 12.1 Å². The molecule has 0 fully saturated rings. The topological polar surface area (TPSA) is 50.4 Å². The summed E-state index contributed by atoms with van der Waals surface area (Å²) in [5.41, 5.74) is 2.95. The molecule has 0 atom stereocenters. The smallest absolute Gasteiger partial charge is 0.344 e. The van der Waals surface area contributed by atoms with Crippen molar-refractivity contribution in [2.24, 2.45) is 0 Å². The van der Waals surface area contributed by atoms with Crippen molar-refractivity contribution < 1.29 is 9.52 Å². The highest BCUT2D eigenvalue weighted by molar-refractivity contribution is 9.10. The van der Waals surface area contributed by atoms with Crippen molar-refractivity contribution in [3.05, 3.63) is 87.7 Å². The summed E-state index contributed by atoms with van der Waals surface area (Å²) in [6, 6.07) is 22.1. The Kier molecular flexibility index (Phi) is 3.90. The fraction of sp³-hybridized carbons (Fsp3) is 0. The Morgan fingerprint density at radius 2 is 1.48 bits per heavy atom. The lowest BCUT2D eigenvalue weighted by molar-refractivity contribution is 0.473. The summed E-state index contributed by atoms with van der Waals surface area (Å²) in [7, 11) is 0. The van der Waals surface area contributed by atoms with Gasteiger partial charge in [-0.3, -0.25) is 0 Å². The van der Waals surface area contributed by atoms with Crippen LogP contribution in [0.2, 0.25) is 0 Å². The van der Waals surface area contributed by atoms with Gasteiger partial charge in [0.25, 0.3) is 0 Å². The third-order valence-corrected chi connectivity index (χ3v) is 4.62. The largest absolute Gasteiger partial charge is 0.508 e. The van der Waals surface area contributed by atoms with Crippen molar-refractivity contribution in [1.29, 1.82) is 0 Å². The summed E-state index contributed by atoms with van der Waals surface area (Å²) in [6.45, 7) is 0. The Morgan fingerprint density at radius 1 is 0.800 bits per heavy atom. The quantitative estimate of drug-likeness (QED) is 0.452. The highest BCUT2D eigenvalue weighted by atomic mass is 79.9. The maximum Gasteiger partial charge on any atom is 0.344 e. The van der Waals surface area contributed by atoms with Crippen LogP contribution in [0.4, 0.5) is 0 Å². The summed E-state index contributed by atoms with van der Waals surface area (Å²) >= 11 is 3.42. The number of rotatable bonds is 2. The molecule has 1 heterocycles. The molecule has 3 nitrogen and oxygen atoms in total. The maximum atomic E-state index is 12.8. The van der Waals surface area contributed by atoms with E-state index in [0.717, 1.165) is 26.5 Å². The van der Waals surface area contributed by atoms with Gasteiger partial charge in [-0.25, -0.2) is 4.79 Å². The highest BCUT2D eigenvalue weighted by Crippen LogP contribution is 2.37. The Morgan fingerprint density at radius 3 is 2.20 bits per heavy atom. The van der Waals surface area contributed by atoms with Crippen LogP contribution >= 0.6 is 15.9 Å². The van der Waals surface area contributed by atoms with Gasteiger partial charge in [-0.2, -0.15) is 0 Å². The van der Waals surface area contributed by atoms with Crippen molar-refractivity contribution >= 4 is 26.9 Å². The third kappa shape index (κ3) is 2.85. The molecule has 3 aromatic carbocycles. The molecule has 0 saturated heterocycles. The molecule has 25 heavy (non-hydrogen) atoms. The average molecular weight is 393 g/mol. The molecule has 1 N–H and O–H groups in total. The zero-order chi connectivity index (χ0) is 17.4. The number of phenolic OH excluding ortho intramolecular Hbond substituents is 1. The molecule has 0 aliphatic heterocycles. The Labute approximate surface area is 152 Å². The second-order valence-corrected chi connectivity index (χ2v) is 6.61. The minimum atomic E-state index is -0.431. The van der Waals surface area contributed by atoms with Gasteiger partial charge in [-0.05, 0) is 35.4 Å². The van der Waals surface area contributed by atoms with Crippen LogP contribution in [-0.2, 0) is 0 Å². The molecular weight excluding hydrogens is 380 g/mol. The van der Waals surface area contributed by atoms with Crippen LogP contribution in [-0.4, -0.2) is 5.11 Å². The molecule has 0 saturated carbocycles. The Balaban J connectivity index is 2.15. The first kappa shape index (κ1) is 15.7. The number of aromatic hydroxyl groups is 1. The van der Waals surface area contributed by atoms with E-state index in [-0.39, 0.29) is 5.75 Å². The molecule has 0 aliphatic carbocycles. The molecule has 0 radical (unpaired) electrons. The molecule has 0 spiro atoms. The van der Waals surface area contributed by atoms with Gasteiger partial charge in [0.1, 0.15) is 11.3 Å². The van der Waals surface area contributed by atoms with E-state index in [1.165, 1.54) is 6.07 Å². The summed E-state index contributed by atoms with van der Waals surface area (Å²) in [5, 5.41) is 10.5. The van der Waals surface area contributed by atoms with E-state index in [1.807, 2.05) is 54.6 Å². The second-order valence-electron chi connectivity index (χ2n) is 5.69. The second kappa shape index (κ2) is 6.22. The predicted octanol–water partition coefficient (Wildman–Crippen LogP) is 5.60. The standard InChI is InChI=1S/C21H13BrO3/c22-15-8-6-14(7-9-15)20-19(13-4-2-1-3-5-13)17-11-10-16(23)12-18(17)25-21(20)24/h1-12,23H. The van der Waals surface area contributed by atoms with Crippen molar-refractivity contribution in [2.75, 3.05) is 0 Å². The Bertz CT molecular complexity index is 1110. The molecule has 4 heteroatoms. The number of hydrogen-bond acceptors (Lipinski definition) is 3. The van der Waals surface area contributed by atoms with Crippen molar-refractivity contribution in [2.45, 2.75) is 0 Å². The van der Waals surface area contributed by atoms with E-state index in [0.29, 0.717) is 11.1 Å². The van der Waals surface area contributed by atoms with Crippen LogP contribution in [0, 0.1) is 0 Å². The van der Waals surface area contributed by atoms with Gasteiger partial charge in [0.2, 0.25) is 0 Å². The van der Waals surface area contributed by atoms with Crippen LogP contribution in [0.3, 0.4) is 0 Å². The maximum absolute atomic E-state index is 12.8. The first-order chi connectivity index (χ1) is 12.1. The Hall–Kier alpha value is -2.85. The molecule has 0 bridgehead atoms. The lowest BCUT2D eigenvalue weighted by Gasteiger charge is -2.12. The molecule has 0 amide bonds. The van der Waals surface area contributed by atoms with Crippen LogP contribution in [0.5, 0.6) is 5.75 Å². The van der Waals surface area contributed by atoms with Gasteiger partial charge in [0.15, 0.2) is 0 Å². The lowest BCUT2D eigenvalue weighted by Crippen LogP contribution is -2.06. The molecule has 4 aromatic rings. The SMILES string of the molecule is O=c1oc2cc(O)ccc2c(-c2ccccc2)c1-c1ccc(Br)cc1. The van der Waals surface area contributed by atoms with Gasteiger partial charge < -0.3 is 9.52 Å². The molecule has 122 valence electrons. The number of hydrogen-bond donors (Lipinski definition) is 1. The van der Waals surface area contributed by atoms with Crippen molar-refractivity contribution in [3.8, 4) is 28.0 Å². The van der Waals surface area contributed by atoms with E-state index in [2.05, 4.69) is 15.9 Å². The van der Waals surface area contributed by atoms with Gasteiger partial charge >= 0.3 is 5.63 Å². The number of fused-ring (bicyclic) bond motifs is 1.